The average Bonchev–Trinajstić information content (AvgIpc) is 2.33. The molecule has 2 heterocycles. The van der Waals surface area contributed by atoms with Crippen LogP contribution in [0, 0.1) is 0 Å². The van der Waals surface area contributed by atoms with Gasteiger partial charge in [0.2, 0.25) is 0 Å². The van der Waals surface area contributed by atoms with E-state index in [1.165, 1.54) is 0 Å². The summed E-state index contributed by atoms with van der Waals surface area (Å²) in [7, 11) is -2.90. The SMILES string of the molecule is CC1C2(CCS1(=O)=O)CNCCO2. The van der Waals surface area contributed by atoms with Crippen molar-refractivity contribution < 1.29 is 13.2 Å². The minimum atomic E-state index is -2.90. The standard InChI is InChI=1S/C8H15NO3S/c1-7-8(2-5-13(7,10)11)6-9-3-4-12-8/h7,9H,2-6H2,1H3. The average molecular weight is 205 g/mol. The molecular weight excluding hydrogens is 190 g/mol. The summed E-state index contributed by atoms with van der Waals surface area (Å²) < 4.78 is 28.7. The van der Waals surface area contributed by atoms with E-state index >= 15 is 0 Å². The molecule has 4 nitrogen and oxygen atoms in total. The predicted molar refractivity (Wildman–Crippen MR) is 49.4 cm³/mol. The fraction of sp³-hybridized carbons (Fsp3) is 1.00. The van der Waals surface area contributed by atoms with Gasteiger partial charge in [-0.15, -0.1) is 0 Å². The van der Waals surface area contributed by atoms with Crippen LogP contribution in [0.2, 0.25) is 0 Å². The molecule has 2 fully saturated rings. The molecule has 76 valence electrons. The summed E-state index contributed by atoms with van der Waals surface area (Å²) in [6, 6.07) is 0. The normalized spacial score (nSPS) is 43.9. The Morgan fingerprint density at radius 3 is 2.77 bits per heavy atom. The van der Waals surface area contributed by atoms with Crippen molar-refractivity contribution in [2.24, 2.45) is 0 Å². The van der Waals surface area contributed by atoms with Crippen LogP contribution in [0.15, 0.2) is 0 Å². The van der Waals surface area contributed by atoms with Crippen LogP contribution in [0.1, 0.15) is 13.3 Å². The van der Waals surface area contributed by atoms with Crippen molar-refractivity contribution in [3.63, 3.8) is 0 Å². The summed E-state index contributed by atoms with van der Waals surface area (Å²) in [6.45, 7) is 3.89. The molecule has 0 aromatic carbocycles. The van der Waals surface area contributed by atoms with Gasteiger partial charge in [0.05, 0.1) is 23.2 Å². The largest absolute Gasteiger partial charge is 0.371 e. The number of sulfone groups is 1. The molecule has 1 spiro atoms. The lowest BCUT2D eigenvalue weighted by Gasteiger charge is -2.36. The van der Waals surface area contributed by atoms with Gasteiger partial charge in [-0.05, 0) is 13.3 Å². The Kier molecular flexibility index (Phi) is 2.13. The summed E-state index contributed by atoms with van der Waals surface area (Å²) in [5, 5.41) is 2.84. The highest BCUT2D eigenvalue weighted by molar-refractivity contribution is 7.92. The van der Waals surface area contributed by atoms with E-state index in [2.05, 4.69) is 5.32 Å². The Hall–Kier alpha value is -0.130. The van der Waals surface area contributed by atoms with Gasteiger partial charge in [0.15, 0.2) is 9.84 Å². The van der Waals surface area contributed by atoms with E-state index in [0.717, 1.165) is 6.54 Å². The molecule has 13 heavy (non-hydrogen) atoms. The second-order valence-electron chi connectivity index (χ2n) is 3.85. The molecule has 2 atom stereocenters. The van der Waals surface area contributed by atoms with Gasteiger partial charge >= 0.3 is 0 Å². The monoisotopic (exact) mass is 205 g/mol. The van der Waals surface area contributed by atoms with E-state index in [0.29, 0.717) is 19.6 Å². The van der Waals surface area contributed by atoms with Crippen LogP contribution < -0.4 is 5.32 Å². The Morgan fingerprint density at radius 2 is 2.31 bits per heavy atom. The maximum absolute atomic E-state index is 11.5. The van der Waals surface area contributed by atoms with Crippen LogP contribution in [-0.4, -0.2) is 44.7 Å². The van der Waals surface area contributed by atoms with Gasteiger partial charge in [-0.25, -0.2) is 8.42 Å². The van der Waals surface area contributed by atoms with Crippen LogP contribution in [0.4, 0.5) is 0 Å². The molecule has 0 bridgehead atoms. The summed E-state index contributed by atoms with van der Waals surface area (Å²) in [5.41, 5.74) is -0.433. The molecule has 2 aliphatic rings. The highest BCUT2D eigenvalue weighted by atomic mass is 32.2. The fourth-order valence-corrected chi connectivity index (χ4v) is 4.03. The summed E-state index contributed by atoms with van der Waals surface area (Å²) >= 11 is 0. The van der Waals surface area contributed by atoms with Crippen molar-refractivity contribution in [1.82, 2.24) is 5.32 Å². The number of morpholine rings is 1. The molecule has 2 unspecified atom stereocenters. The lowest BCUT2D eigenvalue weighted by molar-refractivity contribution is -0.0615. The number of nitrogens with one attached hydrogen (secondary N) is 1. The van der Waals surface area contributed by atoms with Crippen molar-refractivity contribution in [3.8, 4) is 0 Å². The van der Waals surface area contributed by atoms with Crippen LogP contribution in [0.3, 0.4) is 0 Å². The first-order valence-corrected chi connectivity index (χ1v) is 6.35. The van der Waals surface area contributed by atoms with E-state index in [9.17, 15) is 8.42 Å². The van der Waals surface area contributed by atoms with Gasteiger partial charge in [-0.2, -0.15) is 0 Å². The lowest BCUT2D eigenvalue weighted by Crippen LogP contribution is -2.54. The quantitative estimate of drug-likeness (QED) is 0.582. The van der Waals surface area contributed by atoms with E-state index in [-0.39, 0.29) is 11.0 Å². The zero-order valence-corrected chi connectivity index (χ0v) is 8.56. The topological polar surface area (TPSA) is 55.4 Å². The Morgan fingerprint density at radius 1 is 1.54 bits per heavy atom. The maximum Gasteiger partial charge on any atom is 0.155 e. The molecule has 2 rings (SSSR count). The second-order valence-corrected chi connectivity index (χ2v) is 6.29. The molecule has 0 radical (unpaired) electrons. The minimum Gasteiger partial charge on any atom is -0.371 e. The predicted octanol–water partition coefficient (Wildman–Crippen LogP) is -0.448. The first-order chi connectivity index (χ1) is 6.07. The Labute approximate surface area is 78.6 Å². The lowest BCUT2D eigenvalue weighted by atomic mass is 9.96. The van der Waals surface area contributed by atoms with Gasteiger partial charge < -0.3 is 10.1 Å². The smallest absolute Gasteiger partial charge is 0.155 e. The zero-order valence-electron chi connectivity index (χ0n) is 7.75. The number of hydrogen-bond acceptors (Lipinski definition) is 4. The molecule has 1 N–H and O–H groups in total. The van der Waals surface area contributed by atoms with Crippen molar-refractivity contribution in [2.45, 2.75) is 24.2 Å². The van der Waals surface area contributed by atoms with Gasteiger partial charge in [0.25, 0.3) is 0 Å². The molecule has 0 saturated carbocycles. The number of ether oxygens (including phenoxy) is 1. The van der Waals surface area contributed by atoms with Crippen molar-refractivity contribution in [3.05, 3.63) is 0 Å². The van der Waals surface area contributed by atoms with Gasteiger partial charge in [0, 0.05) is 13.1 Å². The maximum atomic E-state index is 11.5. The molecular formula is C8H15NO3S. The second kappa shape index (κ2) is 2.93. The van der Waals surface area contributed by atoms with E-state index < -0.39 is 15.4 Å². The minimum absolute atomic E-state index is 0.274. The molecule has 2 saturated heterocycles. The van der Waals surface area contributed by atoms with Crippen LogP contribution in [0.25, 0.3) is 0 Å². The van der Waals surface area contributed by atoms with Crippen molar-refractivity contribution in [1.29, 1.82) is 0 Å². The van der Waals surface area contributed by atoms with E-state index in [1.54, 1.807) is 6.92 Å². The molecule has 0 aromatic rings. The van der Waals surface area contributed by atoms with Crippen LogP contribution in [0.5, 0.6) is 0 Å². The summed E-state index contributed by atoms with van der Waals surface area (Å²) in [4.78, 5) is 0. The first kappa shape index (κ1) is 9.43. The van der Waals surface area contributed by atoms with Crippen LogP contribution >= 0.6 is 0 Å². The Bertz CT molecular complexity index is 293. The molecule has 0 aliphatic carbocycles. The third kappa shape index (κ3) is 1.39. The van der Waals surface area contributed by atoms with Crippen molar-refractivity contribution in [2.75, 3.05) is 25.4 Å². The first-order valence-electron chi connectivity index (χ1n) is 4.63. The molecule has 0 aromatic heterocycles. The molecule has 5 heteroatoms. The van der Waals surface area contributed by atoms with Gasteiger partial charge in [0.1, 0.15) is 0 Å². The number of hydrogen-bond donors (Lipinski definition) is 1. The third-order valence-corrected chi connectivity index (χ3v) is 5.46. The van der Waals surface area contributed by atoms with Crippen LogP contribution in [-0.2, 0) is 14.6 Å². The molecule has 2 aliphatic heterocycles. The van der Waals surface area contributed by atoms with Gasteiger partial charge in [-0.3, -0.25) is 0 Å². The highest BCUT2D eigenvalue weighted by Gasteiger charge is 2.51. The molecule has 0 amide bonds. The highest BCUT2D eigenvalue weighted by Crippen LogP contribution is 2.34. The van der Waals surface area contributed by atoms with Gasteiger partial charge in [-0.1, -0.05) is 0 Å². The van der Waals surface area contributed by atoms with Crippen molar-refractivity contribution >= 4 is 9.84 Å². The summed E-state index contributed by atoms with van der Waals surface area (Å²) in [5.74, 6) is 0.274. The third-order valence-electron chi connectivity index (χ3n) is 3.18. The van der Waals surface area contributed by atoms with E-state index in [1.807, 2.05) is 0 Å². The number of rotatable bonds is 0. The fourth-order valence-electron chi connectivity index (χ4n) is 2.12. The van der Waals surface area contributed by atoms with E-state index in [4.69, 9.17) is 4.74 Å². The zero-order chi connectivity index (χ0) is 9.53. The summed E-state index contributed by atoms with van der Waals surface area (Å²) in [6.07, 6.45) is 0.642. The Balaban J connectivity index is 2.25.